The van der Waals surface area contributed by atoms with Crippen LogP contribution >= 0.6 is 0 Å². The number of phenolic OH excluding ortho intramolecular Hbond substituents is 1. The van der Waals surface area contributed by atoms with Crippen LogP contribution in [0.3, 0.4) is 0 Å². The van der Waals surface area contributed by atoms with Crippen molar-refractivity contribution in [2.45, 2.75) is 40.7 Å². The normalized spacial score (nSPS) is 17.2. The van der Waals surface area contributed by atoms with Gasteiger partial charge in [0, 0.05) is 18.7 Å². The summed E-state index contributed by atoms with van der Waals surface area (Å²) in [6, 6.07) is 9.07. The number of aliphatic hydroxyl groups is 1. The first-order valence-electron chi connectivity index (χ1n) is 12.7. The lowest BCUT2D eigenvalue weighted by Gasteiger charge is -2.28. The molecule has 1 aliphatic heterocycles. The van der Waals surface area contributed by atoms with Crippen LogP contribution < -0.4 is 9.47 Å². The molecule has 1 unspecified atom stereocenters. The molecule has 0 radical (unpaired) electrons. The number of likely N-dealkylation sites (tertiary alicyclic amines) is 1. The van der Waals surface area contributed by atoms with E-state index < -0.39 is 17.7 Å². The van der Waals surface area contributed by atoms with Crippen molar-refractivity contribution in [3.63, 3.8) is 0 Å². The Morgan fingerprint density at radius 2 is 1.78 bits per heavy atom. The third-order valence-electron chi connectivity index (χ3n) is 6.63. The molecule has 1 saturated heterocycles. The van der Waals surface area contributed by atoms with Crippen LogP contribution in [0.15, 0.2) is 42.0 Å². The lowest BCUT2D eigenvalue weighted by molar-refractivity contribution is -0.140. The molecule has 0 aromatic heterocycles. The van der Waals surface area contributed by atoms with E-state index in [4.69, 9.17) is 9.47 Å². The van der Waals surface area contributed by atoms with Crippen LogP contribution in [-0.2, 0) is 9.59 Å². The highest BCUT2D eigenvalue weighted by atomic mass is 16.5. The average Bonchev–Trinajstić information content (AvgIpc) is 3.13. The van der Waals surface area contributed by atoms with Gasteiger partial charge in [-0.3, -0.25) is 9.59 Å². The number of likely N-dealkylation sites (N-methyl/N-ethyl adjacent to an activating group) is 1. The molecule has 1 fully saturated rings. The summed E-state index contributed by atoms with van der Waals surface area (Å²) in [6.07, 6.45) is 0. The summed E-state index contributed by atoms with van der Waals surface area (Å²) in [5.41, 5.74) is 1.80. The number of ether oxygens (including phenoxy) is 2. The third-order valence-corrected chi connectivity index (χ3v) is 6.63. The first kappa shape index (κ1) is 28.1. The van der Waals surface area contributed by atoms with E-state index in [1.807, 2.05) is 20.8 Å². The predicted molar refractivity (Wildman–Crippen MR) is 143 cm³/mol. The fraction of sp³-hybridized carbons (Fsp3) is 0.448. The van der Waals surface area contributed by atoms with Crippen molar-refractivity contribution >= 4 is 17.4 Å². The van der Waals surface area contributed by atoms with Crippen LogP contribution in [0.5, 0.6) is 17.2 Å². The van der Waals surface area contributed by atoms with E-state index in [2.05, 4.69) is 18.7 Å². The minimum Gasteiger partial charge on any atom is -0.507 e. The predicted octanol–water partition coefficient (Wildman–Crippen LogP) is 4.51. The molecule has 1 heterocycles. The van der Waals surface area contributed by atoms with E-state index in [1.165, 1.54) is 18.1 Å². The Morgan fingerprint density at radius 1 is 1.08 bits per heavy atom. The molecule has 1 amide bonds. The maximum atomic E-state index is 13.3. The molecule has 1 aliphatic rings. The number of methoxy groups -OCH3 is 1. The molecule has 0 spiro atoms. The highest BCUT2D eigenvalue weighted by Gasteiger charge is 2.46. The number of amides is 1. The van der Waals surface area contributed by atoms with Crippen molar-refractivity contribution in [1.82, 2.24) is 9.80 Å². The second-order valence-electron chi connectivity index (χ2n) is 9.64. The number of hydrogen-bond acceptors (Lipinski definition) is 7. The quantitative estimate of drug-likeness (QED) is 0.261. The van der Waals surface area contributed by atoms with E-state index in [1.54, 1.807) is 30.3 Å². The summed E-state index contributed by atoms with van der Waals surface area (Å²) in [7, 11) is 1.43. The standard InChI is InChI=1S/C29H38N2O6/c1-7-30(8-2)13-14-31-26(20-9-11-22(32)24(16-20)36-6)25(28(34)29(31)35)27(33)21-10-12-23(19(5)15-21)37-17-18(3)4/h9-12,15-16,18,26,32-33H,7-8,13-14,17H2,1-6H3/b27-25+. The Hall–Kier alpha value is -3.52. The molecule has 8 nitrogen and oxygen atoms in total. The molecule has 1 atom stereocenters. The van der Waals surface area contributed by atoms with E-state index in [-0.39, 0.29) is 22.8 Å². The van der Waals surface area contributed by atoms with E-state index >= 15 is 0 Å². The average molecular weight is 511 g/mol. The third kappa shape index (κ3) is 6.07. The van der Waals surface area contributed by atoms with Crippen molar-refractivity contribution in [3.05, 3.63) is 58.7 Å². The lowest BCUT2D eigenvalue weighted by atomic mass is 9.94. The summed E-state index contributed by atoms with van der Waals surface area (Å²) in [6.45, 7) is 13.1. The van der Waals surface area contributed by atoms with Crippen LogP contribution in [0.1, 0.15) is 50.4 Å². The molecular formula is C29H38N2O6. The number of carbonyl (C=O) groups is 2. The minimum atomic E-state index is -0.831. The number of benzene rings is 2. The Kier molecular flexibility index (Phi) is 9.21. The van der Waals surface area contributed by atoms with E-state index in [9.17, 15) is 19.8 Å². The number of phenols is 1. The van der Waals surface area contributed by atoms with Crippen LogP contribution in [0.2, 0.25) is 0 Å². The molecule has 200 valence electrons. The lowest BCUT2D eigenvalue weighted by Crippen LogP contribution is -2.38. The van der Waals surface area contributed by atoms with Crippen LogP contribution in [0.4, 0.5) is 0 Å². The number of hydrogen-bond donors (Lipinski definition) is 2. The molecule has 0 aliphatic carbocycles. The van der Waals surface area contributed by atoms with Gasteiger partial charge in [-0.1, -0.05) is 33.8 Å². The van der Waals surface area contributed by atoms with Crippen LogP contribution in [0.25, 0.3) is 5.76 Å². The molecule has 2 aromatic rings. The van der Waals surface area contributed by atoms with Crippen molar-refractivity contribution in [2.75, 3.05) is 39.9 Å². The van der Waals surface area contributed by atoms with Gasteiger partial charge in [-0.2, -0.15) is 0 Å². The summed E-state index contributed by atoms with van der Waals surface area (Å²) < 4.78 is 11.1. The Balaban J connectivity index is 2.10. The molecule has 0 bridgehead atoms. The highest BCUT2D eigenvalue weighted by molar-refractivity contribution is 6.46. The fourth-order valence-electron chi connectivity index (χ4n) is 4.48. The number of carbonyl (C=O) groups excluding carboxylic acids is 2. The zero-order valence-corrected chi connectivity index (χ0v) is 22.6. The molecule has 2 aromatic carbocycles. The summed E-state index contributed by atoms with van der Waals surface area (Å²) in [5.74, 6) is -0.439. The highest BCUT2D eigenvalue weighted by Crippen LogP contribution is 2.42. The number of aromatic hydroxyl groups is 1. The monoisotopic (exact) mass is 510 g/mol. The molecule has 2 N–H and O–H groups in total. The second-order valence-corrected chi connectivity index (χ2v) is 9.64. The summed E-state index contributed by atoms with van der Waals surface area (Å²) in [5, 5.41) is 21.5. The van der Waals surface area contributed by atoms with Crippen LogP contribution in [-0.4, -0.2) is 71.6 Å². The van der Waals surface area contributed by atoms with Gasteiger partial charge in [0.05, 0.1) is 25.3 Å². The van der Waals surface area contributed by atoms with Gasteiger partial charge in [-0.15, -0.1) is 0 Å². The topological polar surface area (TPSA) is 99.5 Å². The SMILES string of the molecule is CCN(CC)CCN1C(=O)C(=O)/C(=C(/O)c2ccc(OCC(C)C)c(C)c2)C1c1ccc(O)c(OC)c1. The van der Waals surface area contributed by atoms with Crippen molar-refractivity contribution in [3.8, 4) is 17.2 Å². The fourth-order valence-corrected chi connectivity index (χ4v) is 4.48. The van der Waals surface area contributed by atoms with Crippen molar-refractivity contribution < 1.29 is 29.3 Å². The molecule has 37 heavy (non-hydrogen) atoms. The zero-order chi connectivity index (χ0) is 27.3. The molecule has 0 saturated carbocycles. The smallest absolute Gasteiger partial charge is 0.295 e. The summed E-state index contributed by atoms with van der Waals surface area (Å²) in [4.78, 5) is 30.2. The number of rotatable bonds is 11. The van der Waals surface area contributed by atoms with Crippen LogP contribution in [0, 0.1) is 12.8 Å². The molecule has 8 heteroatoms. The van der Waals surface area contributed by atoms with Crippen molar-refractivity contribution in [1.29, 1.82) is 0 Å². The number of Topliss-reactive ketones (excluding diaryl/α,β-unsaturated/α-hetero) is 1. The maximum absolute atomic E-state index is 13.3. The van der Waals surface area contributed by atoms with Gasteiger partial charge in [0.15, 0.2) is 11.5 Å². The number of ketones is 1. The van der Waals surface area contributed by atoms with Crippen molar-refractivity contribution in [2.24, 2.45) is 5.92 Å². The minimum absolute atomic E-state index is 0.00698. The van der Waals surface area contributed by atoms with Gasteiger partial charge in [0.25, 0.3) is 11.7 Å². The van der Waals surface area contributed by atoms with Gasteiger partial charge >= 0.3 is 0 Å². The summed E-state index contributed by atoms with van der Waals surface area (Å²) >= 11 is 0. The zero-order valence-electron chi connectivity index (χ0n) is 22.6. The second kappa shape index (κ2) is 12.1. The first-order chi connectivity index (χ1) is 17.6. The molecule has 3 rings (SSSR count). The maximum Gasteiger partial charge on any atom is 0.295 e. The number of nitrogens with zero attached hydrogens (tertiary/aromatic N) is 2. The number of aliphatic hydroxyl groups excluding tert-OH is 1. The van der Waals surface area contributed by atoms with Gasteiger partial charge in [-0.05, 0) is 67.4 Å². The van der Waals surface area contributed by atoms with Gasteiger partial charge in [-0.25, -0.2) is 0 Å². The van der Waals surface area contributed by atoms with Gasteiger partial charge in [0.2, 0.25) is 0 Å². The van der Waals surface area contributed by atoms with Gasteiger partial charge in [0.1, 0.15) is 11.5 Å². The largest absolute Gasteiger partial charge is 0.507 e. The first-order valence-corrected chi connectivity index (χ1v) is 12.7. The Labute approximate surface area is 219 Å². The number of aryl methyl sites for hydroxylation is 1. The Morgan fingerprint density at radius 3 is 2.38 bits per heavy atom. The van der Waals surface area contributed by atoms with Gasteiger partial charge < -0.3 is 29.5 Å². The van der Waals surface area contributed by atoms with E-state index in [0.717, 1.165) is 18.7 Å². The van der Waals surface area contributed by atoms with E-state index in [0.29, 0.717) is 42.5 Å². The molecular weight excluding hydrogens is 472 g/mol. The Bertz CT molecular complexity index is 1170.